The maximum absolute atomic E-state index is 11.0. The van der Waals surface area contributed by atoms with Gasteiger partial charge >= 0.3 is 0 Å². The van der Waals surface area contributed by atoms with Crippen molar-refractivity contribution < 1.29 is 4.79 Å². The van der Waals surface area contributed by atoms with Gasteiger partial charge in [0.2, 0.25) is 0 Å². The van der Waals surface area contributed by atoms with Gasteiger partial charge in [-0.15, -0.1) is 0 Å². The van der Waals surface area contributed by atoms with Gasteiger partial charge in [0.05, 0.1) is 4.91 Å². The van der Waals surface area contributed by atoms with Gasteiger partial charge < -0.3 is 5.73 Å². The van der Waals surface area contributed by atoms with Gasteiger partial charge in [-0.25, -0.2) is 0 Å². The standard InChI is InChI=1S/C7H10N2OS/c1-3-4(2)5-6(10)9-7(8)11-5/h3H2,1-2H3,(H2,8,9,10)/b5-4-. The molecule has 1 amide bonds. The monoisotopic (exact) mass is 170 g/mol. The minimum Gasteiger partial charge on any atom is -0.378 e. The third-order valence-corrected chi connectivity index (χ3v) is 2.56. The first-order chi connectivity index (χ1) is 5.15. The van der Waals surface area contributed by atoms with E-state index >= 15 is 0 Å². The Kier molecular flexibility index (Phi) is 2.34. The van der Waals surface area contributed by atoms with Crippen molar-refractivity contribution in [1.29, 1.82) is 0 Å². The van der Waals surface area contributed by atoms with Gasteiger partial charge in [0.25, 0.3) is 5.91 Å². The minimum atomic E-state index is -0.188. The number of amides is 1. The van der Waals surface area contributed by atoms with Gasteiger partial charge in [0, 0.05) is 0 Å². The number of nitrogens with zero attached hydrogens (tertiary/aromatic N) is 1. The van der Waals surface area contributed by atoms with Crippen molar-refractivity contribution >= 4 is 22.8 Å². The molecule has 1 heterocycles. The molecule has 1 aliphatic rings. The Bertz CT molecular complexity index is 255. The smallest absolute Gasteiger partial charge is 0.286 e. The van der Waals surface area contributed by atoms with E-state index in [0.717, 1.165) is 12.0 Å². The van der Waals surface area contributed by atoms with E-state index < -0.39 is 0 Å². The molecule has 0 unspecified atom stereocenters. The van der Waals surface area contributed by atoms with Crippen LogP contribution in [0.2, 0.25) is 0 Å². The lowest BCUT2D eigenvalue weighted by molar-refractivity contribution is -0.113. The van der Waals surface area contributed by atoms with Crippen LogP contribution in [0.3, 0.4) is 0 Å². The normalized spacial score (nSPS) is 22.0. The average Bonchev–Trinajstić information content (AvgIpc) is 2.28. The number of carbonyl (C=O) groups excluding carboxylic acids is 1. The maximum atomic E-state index is 11.0. The van der Waals surface area contributed by atoms with Crippen LogP contribution in [-0.2, 0) is 4.79 Å². The second-order valence-electron chi connectivity index (χ2n) is 2.32. The predicted octanol–water partition coefficient (Wildman–Crippen LogP) is 1.26. The molecule has 0 bridgehead atoms. The SMILES string of the molecule is CC/C(C)=C1\SC(N)=NC1=O. The Balaban J connectivity index is 2.90. The molecular weight excluding hydrogens is 160 g/mol. The average molecular weight is 170 g/mol. The molecule has 1 rings (SSSR count). The lowest BCUT2D eigenvalue weighted by Gasteiger charge is -1.97. The third-order valence-electron chi connectivity index (χ3n) is 1.53. The summed E-state index contributed by atoms with van der Waals surface area (Å²) in [6.45, 7) is 3.93. The topological polar surface area (TPSA) is 55.4 Å². The zero-order valence-electron chi connectivity index (χ0n) is 6.55. The number of rotatable bonds is 1. The molecule has 1 aliphatic heterocycles. The first kappa shape index (κ1) is 8.33. The fourth-order valence-corrected chi connectivity index (χ4v) is 1.54. The van der Waals surface area contributed by atoms with Crippen molar-refractivity contribution in [3.63, 3.8) is 0 Å². The quantitative estimate of drug-likeness (QED) is 0.603. The number of amidine groups is 1. The highest BCUT2D eigenvalue weighted by atomic mass is 32.2. The van der Waals surface area contributed by atoms with Crippen LogP contribution in [0.1, 0.15) is 20.3 Å². The molecule has 0 aromatic carbocycles. The van der Waals surface area contributed by atoms with Gasteiger partial charge in [-0.2, -0.15) is 4.99 Å². The molecule has 60 valence electrons. The van der Waals surface area contributed by atoms with Crippen molar-refractivity contribution in [2.24, 2.45) is 10.7 Å². The summed E-state index contributed by atoms with van der Waals surface area (Å²) in [5, 5.41) is 0.359. The van der Waals surface area contributed by atoms with Gasteiger partial charge in [0.1, 0.15) is 0 Å². The lowest BCUT2D eigenvalue weighted by atomic mass is 10.2. The molecule has 3 nitrogen and oxygen atoms in total. The molecule has 0 aromatic rings. The Morgan fingerprint density at radius 1 is 1.73 bits per heavy atom. The van der Waals surface area contributed by atoms with E-state index in [1.54, 1.807) is 0 Å². The Hall–Kier alpha value is -0.770. The molecule has 0 aliphatic carbocycles. The van der Waals surface area contributed by atoms with Crippen molar-refractivity contribution in [3.8, 4) is 0 Å². The summed E-state index contributed by atoms with van der Waals surface area (Å²) in [6, 6.07) is 0. The second-order valence-corrected chi connectivity index (χ2v) is 3.35. The van der Waals surface area contributed by atoms with Crippen LogP contribution < -0.4 is 5.73 Å². The van der Waals surface area contributed by atoms with Gasteiger partial charge in [-0.1, -0.05) is 12.5 Å². The number of aliphatic imine (C=N–C) groups is 1. The first-order valence-electron chi connectivity index (χ1n) is 3.41. The zero-order chi connectivity index (χ0) is 8.43. The summed E-state index contributed by atoms with van der Waals surface area (Å²) < 4.78 is 0. The Morgan fingerprint density at radius 3 is 2.73 bits per heavy atom. The zero-order valence-corrected chi connectivity index (χ0v) is 7.36. The summed E-state index contributed by atoms with van der Waals surface area (Å²) in [4.78, 5) is 15.3. The van der Waals surface area contributed by atoms with E-state index in [2.05, 4.69) is 4.99 Å². The molecule has 0 radical (unpaired) electrons. The summed E-state index contributed by atoms with van der Waals surface area (Å²) in [7, 11) is 0. The molecule has 11 heavy (non-hydrogen) atoms. The predicted molar refractivity (Wildman–Crippen MR) is 47.2 cm³/mol. The molecular formula is C7H10N2OS. The van der Waals surface area contributed by atoms with Crippen LogP contribution in [0.25, 0.3) is 0 Å². The van der Waals surface area contributed by atoms with E-state index in [-0.39, 0.29) is 5.91 Å². The van der Waals surface area contributed by atoms with E-state index in [0.29, 0.717) is 10.1 Å². The van der Waals surface area contributed by atoms with E-state index in [4.69, 9.17) is 5.73 Å². The van der Waals surface area contributed by atoms with Crippen LogP contribution in [-0.4, -0.2) is 11.1 Å². The molecule has 0 fully saturated rings. The van der Waals surface area contributed by atoms with E-state index in [1.807, 2.05) is 13.8 Å². The Labute approximate surface area is 69.8 Å². The fourth-order valence-electron chi connectivity index (χ4n) is 0.752. The fraction of sp³-hybridized carbons (Fsp3) is 0.429. The first-order valence-corrected chi connectivity index (χ1v) is 4.23. The highest BCUT2D eigenvalue weighted by molar-refractivity contribution is 8.18. The van der Waals surface area contributed by atoms with Crippen LogP contribution in [0.5, 0.6) is 0 Å². The van der Waals surface area contributed by atoms with Crippen molar-refractivity contribution in [2.75, 3.05) is 0 Å². The lowest BCUT2D eigenvalue weighted by Crippen LogP contribution is -2.01. The molecule has 0 saturated carbocycles. The summed E-state index contributed by atoms with van der Waals surface area (Å²) in [5.41, 5.74) is 6.43. The van der Waals surface area contributed by atoms with Crippen molar-refractivity contribution in [3.05, 3.63) is 10.5 Å². The highest BCUT2D eigenvalue weighted by Crippen LogP contribution is 2.28. The molecule has 0 atom stereocenters. The van der Waals surface area contributed by atoms with Crippen LogP contribution in [0.4, 0.5) is 0 Å². The number of hydrogen-bond acceptors (Lipinski definition) is 3. The molecule has 0 aromatic heterocycles. The molecule has 0 spiro atoms. The largest absolute Gasteiger partial charge is 0.378 e. The number of hydrogen-bond donors (Lipinski definition) is 1. The number of allylic oxidation sites excluding steroid dienone is 1. The van der Waals surface area contributed by atoms with Crippen molar-refractivity contribution in [1.82, 2.24) is 0 Å². The van der Waals surface area contributed by atoms with Gasteiger partial charge in [-0.3, -0.25) is 4.79 Å². The number of thioether (sulfide) groups is 1. The van der Waals surface area contributed by atoms with Gasteiger partial charge in [-0.05, 0) is 25.1 Å². The maximum Gasteiger partial charge on any atom is 0.286 e. The van der Waals surface area contributed by atoms with Crippen LogP contribution in [0.15, 0.2) is 15.5 Å². The van der Waals surface area contributed by atoms with E-state index in [9.17, 15) is 4.79 Å². The molecule has 4 heteroatoms. The summed E-state index contributed by atoms with van der Waals surface area (Å²) >= 11 is 1.26. The summed E-state index contributed by atoms with van der Waals surface area (Å²) in [5.74, 6) is -0.188. The number of nitrogens with two attached hydrogens (primary N) is 1. The third kappa shape index (κ3) is 1.63. The number of carbonyl (C=O) groups is 1. The van der Waals surface area contributed by atoms with E-state index in [1.165, 1.54) is 11.8 Å². The second kappa shape index (κ2) is 3.09. The van der Waals surface area contributed by atoms with Gasteiger partial charge in [0.15, 0.2) is 5.17 Å². The minimum absolute atomic E-state index is 0.188. The Morgan fingerprint density at radius 2 is 2.36 bits per heavy atom. The molecule has 0 saturated heterocycles. The molecule has 2 N–H and O–H groups in total. The highest BCUT2D eigenvalue weighted by Gasteiger charge is 2.20. The van der Waals surface area contributed by atoms with Crippen molar-refractivity contribution in [2.45, 2.75) is 20.3 Å². The summed E-state index contributed by atoms with van der Waals surface area (Å²) in [6.07, 6.45) is 0.872. The van der Waals surface area contributed by atoms with Crippen LogP contribution in [0, 0.1) is 0 Å². The van der Waals surface area contributed by atoms with Crippen LogP contribution >= 0.6 is 11.8 Å².